The van der Waals surface area contributed by atoms with Crippen molar-refractivity contribution in [3.05, 3.63) is 59.4 Å². The Kier molecular flexibility index (Phi) is 6.19. The Labute approximate surface area is 159 Å². The number of pyridine rings is 1. The van der Waals surface area contributed by atoms with E-state index in [0.29, 0.717) is 12.1 Å². The number of carbonyl (C=O) groups excluding carboxylic acids is 2. The highest BCUT2D eigenvalue weighted by molar-refractivity contribution is 5.95. The van der Waals surface area contributed by atoms with Gasteiger partial charge in [-0.25, -0.2) is 4.79 Å². The molecule has 2 heterocycles. The third kappa shape index (κ3) is 4.71. The minimum Gasteiger partial charge on any atom is -0.465 e. The quantitative estimate of drug-likeness (QED) is 0.823. The molecule has 1 fully saturated rings. The summed E-state index contributed by atoms with van der Waals surface area (Å²) in [5.74, 6) is -0.280. The summed E-state index contributed by atoms with van der Waals surface area (Å²) in [4.78, 5) is 31.0. The first kappa shape index (κ1) is 19.0. The lowest BCUT2D eigenvalue weighted by atomic mass is 9.96. The first-order chi connectivity index (χ1) is 13.1. The maximum Gasteiger partial charge on any atom is 0.339 e. The first-order valence-corrected chi connectivity index (χ1v) is 9.20. The number of ether oxygens (including phenoxy) is 1. The van der Waals surface area contributed by atoms with Gasteiger partial charge in [0.25, 0.3) is 0 Å². The minimum absolute atomic E-state index is 0.0149. The molecular formula is C21H25N3O3. The summed E-state index contributed by atoms with van der Waals surface area (Å²) in [5, 5.41) is 3.30. The van der Waals surface area contributed by atoms with Crippen molar-refractivity contribution < 1.29 is 14.3 Å². The highest BCUT2D eigenvalue weighted by atomic mass is 16.5. The van der Waals surface area contributed by atoms with Crippen LogP contribution in [0.25, 0.3) is 0 Å². The molecule has 0 radical (unpaired) electrons. The Hall–Kier alpha value is -2.73. The molecule has 1 saturated heterocycles. The van der Waals surface area contributed by atoms with E-state index in [0.717, 1.165) is 42.9 Å². The zero-order valence-corrected chi connectivity index (χ0v) is 15.8. The lowest BCUT2D eigenvalue weighted by Crippen LogP contribution is -2.41. The molecule has 0 saturated carbocycles. The number of nitrogens with zero attached hydrogens (tertiary/aromatic N) is 2. The minimum atomic E-state index is -0.421. The van der Waals surface area contributed by atoms with E-state index in [1.165, 1.54) is 13.3 Å². The maximum absolute atomic E-state index is 13.2. The molecular weight excluding hydrogens is 342 g/mol. The predicted molar refractivity (Wildman–Crippen MR) is 104 cm³/mol. The van der Waals surface area contributed by atoms with E-state index in [4.69, 9.17) is 4.74 Å². The summed E-state index contributed by atoms with van der Waals surface area (Å²) in [6.45, 7) is 4.11. The number of esters is 1. The molecule has 1 aromatic heterocycles. The number of hydrogen-bond donors (Lipinski definition) is 1. The molecule has 1 aromatic carbocycles. The van der Waals surface area contributed by atoms with Gasteiger partial charge in [-0.15, -0.1) is 0 Å². The molecule has 6 nitrogen and oxygen atoms in total. The fourth-order valence-electron chi connectivity index (χ4n) is 3.30. The highest BCUT2D eigenvalue weighted by Crippen LogP contribution is 2.24. The summed E-state index contributed by atoms with van der Waals surface area (Å²) in [5.41, 5.74) is 3.10. The van der Waals surface area contributed by atoms with Gasteiger partial charge < -0.3 is 15.0 Å². The molecule has 3 rings (SSSR count). The Morgan fingerprint density at radius 3 is 2.63 bits per heavy atom. The van der Waals surface area contributed by atoms with Gasteiger partial charge in [-0.05, 0) is 62.7 Å². The van der Waals surface area contributed by atoms with Crippen LogP contribution in [0.4, 0.5) is 5.69 Å². The van der Waals surface area contributed by atoms with Gasteiger partial charge in [0.05, 0.1) is 24.9 Å². The number of piperidine rings is 1. The number of nitrogens with one attached hydrogen (secondary N) is 1. The van der Waals surface area contributed by atoms with Crippen molar-refractivity contribution >= 4 is 17.6 Å². The molecule has 142 valence electrons. The summed E-state index contributed by atoms with van der Waals surface area (Å²) < 4.78 is 4.71. The summed E-state index contributed by atoms with van der Waals surface area (Å²) in [6.07, 6.45) is 3.18. The molecule has 6 heteroatoms. The van der Waals surface area contributed by atoms with E-state index in [2.05, 4.69) is 10.3 Å². The Bertz CT molecular complexity index is 799. The maximum atomic E-state index is 13.2. The number of benzene rings is 1. The van der Waals surface area contributed by atoms with Gasteiger partial charge in [0.1, 0.15) is 0 Å². The van der Waals surface area contributed by atoms with Crippen LogP contribution in [-0.2, 0) is 16.1 Å². The van der Waals surface area contributed by atoms with E-state index in [9.17, 15) is 9.59 Å². The SMILES string of the molecule is COC(=O)c1ccc(CN(C(=O)C2CCNCC2)c2cccc(C)c2)nc1. The zero-order chi connectivity index (χ0) is 19.2. The molecule has 1 N–H and O–H groups in total. The van der Waals surface area contributed by atoms with E-state index in [1.807, 2.05) is 36.1 Å². The van der Waals surface area contributed by atoms with E-state index in [1.54, 1.807) is 12.1 Å². The normalized spacial score (nSPS) is 14.6. The van der Waals surface area contributed by atoms with Gasteiger partial charge in [-0.1, -0.05) is 12.1 Å². The molecule has 0 spiro atoms. The van der Waals surface area contributed by atoms with Crippen LogP contribution in [-0.4, -0.2) is 37.1 Å². The van der Waals surface area contributed by atoms with Crippen molar-refractivity contribution in [2.24, 2.45) is 5.92 Å². The lowest BCUT2D eigenvalue weighted by molar-refractivity contribution is -0.123. The van der Waals surface area contributed by atoms with E-state index >= 15 is 0 Å². The monoisotopic (exact) mass is 367 g/mol. The number of rotatable bonds is 5. The molecule has 0 unspecified atom stereocenters. The van der Waals surface area contributed by atoms with Crippen molar-refractivity contribution in [1.82, 2.24) is 10.3 Å². The van der Waals surface area contributed by atoms with Crippen molar-refractivity contribution in [3.63, 3.8) is 0 Å². The topological polar surface area (TPSA) is 71.5 Å². The number of hydrogen-bond acceptors (Lipinski definition) is 5. The Morgan fingerprint density at radius 2 is 2.00 bits per heavy atom. The van der Waals surface area contributed by atoms with Crippen molar-refractivity contribution in [2.75, 3.05) is 25.1 Å². The predicted octanol–water partition coefficient (Wildman–Crippen LogP) is 2.71. The van der Waals surface area contributed by atoms with E-state index in [-0.39, 0.29) is 11.8 Å². The standard InChI is InChI=1S/C21H25N3O3/c1-15-4-3-5-19(12-15)24(20(25)16-8-10-22-11-9-16)14-18-7-6-17(13-23-18)21(26)27-2/h3-7,12-13,16,22H,8-11,14H2,1-2H3. The van der Waals surface area contributed by atoms with Crippen molar-refractivity contribution in [1.29, 1.82) is 0 Å². The molecule has 2 aromatic rings. The lowest BCUT2D eigenvalue weighted by Gasteiger charge is -2.30. The molecule has 1 amide bonds. The highest BCUT2D eigenvalue weighted by Gasteiger charge is 2.27. The average molecular weight is 367 g/mol. The van der Waals surface area contributed by atoms with Crippen LogP contribution in [0.5, 0.6) is 0 Å². The third-order valence-electron chi connectivity index (χ3n) is 4.83. The fraction of sp³-hybridized carbons (Fsp3) is 0.381. The van der Waals surface area contributed by atoms with Gasteiger partial charge in [0.15, 0.2) is 0 Å². The fourth-order valence-corrected chi connectivity index (χ4v) is 3.30. The number of aromatic nitrogens is 1. The molecule has 27 heavy (non-hydrogen) atoms. The third-order valence-corrected chi connectivity index (χ3v) is 4.83. The van der Waals surface area contributed by atoms with Crippen LogP contribution < -0.4 is 10.2 Å². The van der Waals surface area contributed by atoms with Gasteiger partial charge in [-0.3, -0.25) is 9.78 Å². The van der Waals surface area contributed by atoms with Crippen LogP contribution in [0, 0.1) is 12.8 Å². The van der Waals surface area contributed by atoms with Crippen LogP contribution in [0.2, 0.25) is 0 Å². The van der Waals surface area contributed by atoms with Crippen LogP contribution in [0.1, 0.15) is 34.5 Å². The summed E-state index contributed by atoms with van der Waals surface area (Å²) >= 11 is 0. The second-order valence-corrected chi connectivity index (χ2v) is 6.82. The molecule has 0 bridgehead atoms. The van der Waals surface area contributed by atoms with Gasteiger partial charge >= 0.3 is 5.97 Å². The first-order valence-electron chi connectivity index (χ1n) is 9.20. The molecule has 1 aliphatic rings. The van der Waals surface area contributed by atoms with Crippen LogP contribution in [0.3, 0.4) is 0 Å². The number of methoxy groups -OCH3 is 1. The van der Waals surface area contributed by atoms with Gasteiger partial charge in [0.2, 0.25) is 5.91 Å². The summed E-state index contributed by atoms with van der Waals surface area (Å²) in [6, 6.07) is 11.4. The zero-order valence-electron chi connectivity index (χ0n) is 15.8. The second kappa shape index (κ2) is 8.77. The van der Waals surface area contributed by atoms with Crippen LogP contribution in [0.15, 0.2) is 42.6 Å². The number of amides is 1. The second-order valence-electron chi connectivity index (χ2n) is 6.82. The van der Waals surface area contributed by atoms with E-state index < -0.39 is 5.97 Å². The largest absolute Gasteiger partial charge is 0.465 e. The van der Waals surface area contributed by atoms with Crippen LogP contribution >= 0.6 is 0 Å². The molecule has 0 aliphatic carbocycles. The van der Waals surface area contributed by atoms with Gasteiger partial charge in [-0.2, -0.15) is 0 Å². The smallest absolute Gasteiger partial charge is 0.339 e. The Morgan fingerprint density at radius 1 is 1.22 bits per heavy atom. The summed E-state index contributed by atoms with van der Waals surface area (Å²) in [7, 11) is 1.34. The van der Waals surface area contributed by atoms with Crippen molar-refractivity contribution in [2.45, 2.75) is 26.3 Å². The van der Waals surface area contributed by atoms with Gasteiger partial charge in [0, 0.05) is 17.8 Å². The molecule has 0 atom stereocenters. The van der Waals surface area contributed by atoms with Crippen molar-refractivity contribution in [3.8, 4) is 0 Å². The average Bonchev–Trinajstić information content (AvgIpc) is 2.72. The number of carbonyl (C=O) groups is 2. The number of aryl methyl sites for hydroxylation is 1. The Balaban J connectivity index is 1.85. The number of anilines is 1. The molecule has 1 aliphatic heterocycles.